The van der Waals surface area contributed by atoms with Crippen molar-refractivity contribution in [2.24, 2.45) is 11.7 Å². The van der Waals surface area contributed by atoms with Gasteiger partial charge in [-0.15, -0.1) is 0 Å². The van der Waals surface area contributed by atoms with Gasteiger partial charge in [-0.25, -0.2) is 0 Å². The smallest absolute Gasteiger partial charge is 0.166 e. The normalized spacial score (nSPS) is 10.9. The lowest BCUT2D eigenvalue weighted by atomic mass is 10.2. The molecule has 0 saturated heterocycles. The van der Waals surface area contributed by atoms with Crippen LogP contribution in [0, 0.1) is 5.92 Å². The summed E-state index contributed by atoms with van der Waals surface area (Å²) < 4.78 is 0. The fourth-order valence-corrected chi connectivity index (χ4v) is 1.22. The zero-order chi connectivity index (χ0) is 10.4. The highest BCUT2D eigenvalue weighted by molar-refractivity contribution is 7.80. The second-order valence-electron chi connectivity index (χ2n) is 3.98. The van der Waals surface area contributed by atoms with E-state index in [1.54, 1.807) is 0 Å². The molecular formula is C9H21N3S. The van der Waals surface area contributed by atoms with Crippen LogP contribution in [0.2, 0.25) is 0 Å². The summed E-state index contributed by atoms with van der Waals surface area (Å²) in [6.45, 7) is 7.19. The third-order valence-corrected chi connectivity index (χ3v) is 1.97. The molecule has 0 saturated carbocycles. The predicted octanol–water partition coefficient (Wildman–Crippen LogP) is 0.750. The molecule has 0 aromatic carbocycles. The Balaban J connectivity index is 3.88. The molecule has 0 heterocycles. The van der Waals surface area contributed by atoms with Gasteiger partial charge in [-0.1, -0.05) is 13.8 Å². The fraction of sp³-hybridized carbons (Fsp3) is 0.889. The molecule has 13 heavy (non-hydrogen) atoms. The zero-order valence-corrected chi connectivity index (χ0v) is 9.90. The Labute approximate surface area is 86.9 Å². The van der Waals surface area contributed by atoms with E-state index in [4.69, 9.17) is 18.0 Å². The Morgan fingerprint density at radius 2 is 1.85 bits per heavy atom. The molecule has 0 spiro atoms. The first-order valence-electron chi connectivity index (χ1n) is 4.62. The summed E-state index contributed by atoms with van der Waals surface area (Å²) in [7, 11) is 4.10. The second-order valence-corrected chi connectivity index (χ2v) is 4.40. The minimum absolute atomic E-state index is 0.510. The molecule has 0 fully saturated rings. The lowest BCUT2D eigenvalue weighted by molar-refractivity contribution is 0.309. The Morgan fingerprint density at radius 1 is 1.31 bits per heavy atom. The summed E-state index contributed by atoms with van der Waals surface area (Å²) in [5.41, 5.74) is 5.61. The van der Waals surface area contributed by atoms with Crippen LogP contribution in [-0.4, -0.2) is 48.6 Å². The molecule has 4 heteroatoms. The van der Waals surface area contributed by atoms with Crippen LogP contribution in [0.5, 0.6) is 0 Å². The van der Waals surface area contributed by atoms with Crippen LogP contribution in [0.3, 0.4) is 0 Å². The molecule has 0 aliphatic heterocycles. The van der Waals surface area contributed by atoms with Gasteiger partial charge in [0.25, 0.3) is 0 Å². The quantitative estimate of drug-likeness (QED) is 0.668. The van der Waals surface area contributed by atoms with Crippen LogP contribution >= 0.6 is 12.2 Å². The third-order valence-electron chi connectivity index (χ3n) is 1.71. The van der Waals surface area contributed by atoms with E-state index in [1.807, 2.05) is 14.1 Å². The van der Waals surface area contributed by atoms with E-state index in [0.717, 1.165) is 19.6 Å². The molecule has 78 valence electrons. The van der Waals surface area contributed by atoms with Crippen molar-refractivity contribution in [2.45, 2.75) is 13.8 Å². The summed E-state index contributed by atoms with van der Waals surface area (Å²) in [4.78, 5) is 4.19. The highest BCUT2D eigenvalue weighted by atomic mass is 32.1. The van der Waals surface area contributed by atoms with Gasteiger partial charge in [0.05, 0.1) is 0 Å². The average molecular weight is 203 g/mol. The number of hydrogen-bond donors (Lipinski definition) is 1. The number of thiocarbonyl (C=S) groups is 1. The Hall–Kier alpha value is -0.350. The third kappa shape index (κ3) is 6.78. The average Bonchev–Trinajstić information content (AvgIpc) is 1.96. The molecular weight excluding hydrogens is 182 g/mol. The molecule has 0 aromatic heterocycles. The molecule has 0 aliphatic rings. The second kappa shape index (κ2) is 6.16. The molecule has 2 N–H and O–H groups in total. The number of rotatable bonds is 5. The monoisotopic (exact) mass is 203 g/mol. The van der Waals surface area contributed by atoms with Crippen LogP contribution in [0.4, 0.5) is 0 Å². The number of hydrogen-bond acceptors (Lipinski definition) is 2. The van der Waals surface area contributed by atoms with Crippen LogP contribution in [-0.2, 0) is 0 Å². The molecule has 3 nitrogen and oxygen atoms in total. The van der Waals surface area contributed by atoms with E-state index < -0.39 is 0 Å². The summed E-state index contributed by atoms with van der Waals surface area (Å²) in [5.74, 6) is 0.601. The van der Waals surface area contributed by atoms with Gasteiger partial charge in [-0.2, -0.15) is 0 Å². The molecule has 0 unspecified atom stereocenters. The number of nitrogens with two attached hydrogens (primary N) is 1. The van der Waals surface area contributed by atoms with E-state index in [-0.39, 0.29) is 0 Å². The highest BCUT2D eigenvalue weighted by Gasteiger charge is 2.08. The van der Waals surface area contributed by atoms with Crippen molar-refractivity contribution in [3.63, 3.8) is 0 Å². The Morgan fingerprint density at radius 3 is 2.15 bits per heavy atom. The molecule has 0 aliphatic carbocycles. The molecule has 0 amide bonds. The van der Waals surface area contributed by atoms with Crippen molar-refractivity contribution in [3.05, 3.63) is 0 Å². The summed E-state index contributed by atoms with van der Waals surface area (Å²) in [6.07, 6.45) is 0. The minimum Gasteiger partial charge on any atom is -0.376 e. The maximum Gasteiger partial charge on any atom is 0.166 e. The largest absolute Gasteiger partial charge is 0.376 e. The van der Waals surface area contributed by atoms with Crippen molar-refractivity contribution in [3.8, 4) is 0 Å². The van der Waals surface area contributed by atoms with Crippen LogP contribution in [0.15, 0.2) is 0 Å². The van der Waals surface area contributed by atoms with Crippen LogP contribution in [0.25, 0.3) is 0 Å². The Kier molecular flexibility index (Phi) is 5.99. The van der Waals surface area contributed by atoms with Gasteiger partial charge in [-0.3, -0.25) is 0 Å². The zero-order valence-electron chi connectivity index (χ0n) is 9.08. The van der Waals surface area contributed by atoms with E-state index >= 15 is 0 Å². The molecule has 0 aromatic rings. The first kappa shape index (κ1) is 12.7. The van der Waals surface area contributed by atoms with Gasteiger partial charge in [0.2, 0.25) is 0 Å². The molecule has 0 rings (SSSR count). The van der Waals surface area contributed by atoms with Gasteiger partial charge >= 0.3 is 0 Å². The van der Waals surface area contributed by atoms with E-state index in [9.17, 15) is 0 Å². The van der Waals surface area contributed by atoms with Crippen molar-refractivity contribution in [1.82, 2.24) is 9.80 Å². The van der Waals surface area contributed by atoms with Crippen molar-refractivity contribution in [2.75, 3.05) is 33.7 Å². The van der Waals surface area contributed by atoms with E-state index in [0.29, 0.717) is 11.0 Å². The van der Waals surface area contributed by atoms with E-state index in [1.165, 1.54) is 0 Å². The Bertz CT molecular complexity index is 157. The van der Waals surface area contributed by atoms with Gasteiger partial charge < -0.3 is 15.5 Å². The topological polar surface area (TPSA) is 32.5 Å². The molecule has 0 radical (unpaired) electrons. The maximum atomic E-state index is 5.61. The van der Waals surface area contributed by atoms with Gasteiger partial charge in [0, 0.05) is 19.6 Å². The first-order chi connectivity index (χ1) is 5.93. The SMILES string of the molecule is CC(C)CN(CCN(C)C)C(N)=S. The molecule has 0 bridgehead atoms. The standard InChI is InChI=1S/C9H21N3S/c1-8(2)7-12(9(10)13)6-5-11(3)4/h8H,5-7H2,1-4H3,(H2,10,13). The summed E-state index contributed by atoms with van der Waals surface area (Å²) in [6, 6.07) is 0. The predicted molar refractivity (Wildman–Crippen MR) is 61.8 cm³/mol. The highest BCUT2D eigenvalue weighted by Crippen LogP contribution is 1.98. The lowest BCUT2D eigenvalue weighted by Crippen LogP contribution is -2.41. The van der Waals surface area contributed by atoms with Crippen LogP contribution < -0.4 is 5.73 Å². The van der Waals surface area contributed by atoms with Crippen molar-refractivity contribution in [1.29, 1.82) is 0 Å². The van der Waals surface area contributed by atoms with Crippen molar-refractivity contribution < 1.29 is 0 Å². The minimum atomic E-state index is 0.510. The number of nitrogens with zero attached hydrogens (tertiary/aromatic N) is 2. The van der Waals surface area contributed by atoms with Gasteiger partial charge in [0.15, 0.2) is 5.11 Å². The summed E-state index contributed by atoms with van der Waals surface area (Å²) in [5, 5.41) is 0.510. The number of likely N-dealkylation sites (N-methyl/N-ethyl adjacent to an activating group) is 1. The van der Waals surface area contributed by atoms with Gasteiger partial charge in [-0.05, 0) is 32.2 Å². The maximum absolute atomic E-state index is 5.61. The van der Waals surface area contributed by atoms with E-state index in [2.05, 4.69) is 23.6 Å². The van der Waals surface area contributed by atoms with Crippen LogP contribution in [0.1, 0.15) is 13.8 Å². The summed E-state index contributed by atoms with van der Waals surface area (Å²) >= 11 is 4.97. The van der Waals surface area contributed by atoms with Crippen molar-refractivity contribution >= 4 is 17.3 Å². The first-order valence-corrected chi connectivity index (χ1v) is 5.03. The fourth-order valence-electron chi connectivity index (χ4n) is 1.05. The van der Waals surface area contributed by atoms with Gasteiger partial charge in [0.1, 0.15) is 0 Å². The lowest BCUT2D eigenvalue weighted by Gasteiger charge is -2.26. The molecule has 0 atom stereocenters.